The van der Waals surface area contributed by atoms with Gasteiger partial charge < -0.3 is 14.6 Å². The van der Waals surface area contributed by atoms with E-state index in [2.05, 4.69) is 25.8 Å². The summed E-state index contributed by atoms with van der Waals surface area (Å²) >= 11 is 0. The van der Waals surface area contributed by atoms with Crippen LogP contribution in [0.25, 0.3) is 0 Å². The van der Waals surface area contributed by atoms with Gasteiger partial charge in [0.15, 0.2) is 0 Å². The summed E-state index contributed by atoms with van der Waals surface area (Å²) in [4.78, 5) is 23.3. The van der Waals surface area contributed by atoms with Crippen LogP contribution in [0.1, 0.15) is 12.0 Å². The largest absolute Gasteiger partial charge is 0.481 e. The molecule has 120 valence electrons. The molecule has 3 saturated heterocycles. The number of methoxy groups -OCH3 is 1. The van der Waals surface area contributed by atoms with Gasteiger partial charge in [-0.1, -0.05) is 6.07 Å². The highest BCUT2D eigenvalue weighted by atomic mass is 16.5. The quantitative estimate of drug-likeness (QED) is 0.920. The average molecular weight is 312 g/mol. The molecule has 5 heterocycles. The van der Waals surface area contributed by atoms with Crippen molar-refractivity contribution in [1.29, 1.82) is 0 Å². The molecule has 2 aromatic heterocycles. The molecular formula is C17H20N4O2. The molecule has 6 nitrogen and oxygen atoms in total. The Kier molecular flexibility index (Phi) is 3.53. The zero-order chi connectivity index (χ0) is 15.8. The summed E-state index contributed by atoms with van der Waals surface area (Å²) in [6, 6.07) is 8.75. The zero-order valence-electron chi connectivity index (χ0n) is 13.1. The van der Waals surface area contributed by atoms with E-state index in [-0.39, 0.29) is 5.56 Å². The van der Waals surface area contributed by atoms with Gasteiger partial charge in [0, 0.05) is 61.9 Å². The van der Waals surface area contributed by atoms with E-state index in [0.717, 1.165) is 25.3 Å². The van der Waals surface area contributed by atoms with Gasteiger partial charge in [-0.2, -0.15) is 0 Å². The number of piperidine rings is 1. The molecule has 2 unspecified atom stereocenters. The van der Waals surface area contributed by atoms with Crippen LogP contribution in [0.3, 0.4) is 0 Å². The van der Waals surface area contributed by atoms with Crippen molar-refractivity contribution >= 4 is 5.69 Å². The Balaban J connectivity index is 1.42. The van der Waals surface area contributed by atoms with Crippen LogP contribution < -0.4 is 15.2 Å². The number of nitrogens with one attached hydrogen (secondary N) is 1. The van der Waals surface area contributed by atoms with Gasteiger partial charge in [0.2, 0.25) is 11.4 Å². The third kappa shape index (κ3) is 2.70. The minimum atomic E-state index is -0.0390. The molecule has 3 aliphatic heterocycles. The topological polar surface area (TPSA) is 61.5 Å². The molecule has 2 aromatic rings. The first-order valence-electron chi connectivity index (χ1n) is 7.91. The molecule has 2 atom stereocenters. The summed E-state index contributed by atoms with van der Waals surface area (Å²) < 4.78 is 5.10. The molecule has 3 aliphatic rings. The predicted octanol–water partition coefficient (Wildman–Crippen LogP) is 1.24. The Morgan fingerprint density at radius 3 is 2.78 bits per heavy atom. The van der Waals surface area contributed by atoms with Crippen LogP contribution in [0.4, 0.5) is 5.69 Å². The second kappa shape index (κ2) is 5.70. The lowest BCUT2D eigenvalue weighted by molar-refractivity contribution is -0.00852. The first-order valence-corrected chi connectivity index (χ1v) is 7.91. The molecule has 0 saturated carbocycles. The van der Waals surface area contributed by atoms with E-state index in [4.69, 9.17) is 4.74 Å². The number of hydrogen-bond acceptors (Lipinski definition) is 5. The van der Waals surface area contributed by atoms with Crippen LogP contribution in [-0.2, 0) is 6.54 Å². The molecule has 5 rings (SSSR count). The maximum atomic E-state index is 11.5. The zero-order valence-corrected chi connectivity index (χ0v) is 13.1. The lowest BCUT2D eigenvalue weighted by Crippen LogP contribution is -2.68. The van der Waals surface area contributed by atoms with Gasteiger partial charge in [0.05, 0.1) is 7.11 Å². The van der Waals surface area contributed by atoms with E-state index in [1.165, 1.54) is 12.0 Å². The van der Waals surface area contributed by atoms with Gasteiger partial charge in [-0.05, 0) is 18.1 Å². The highest BCUT2D eigenvalue weighted by molar-refractivity contribution is 5.46. The van der Waals surface area contributed by atoms with Crippen molar-refractivity contribution in [3.8, 4) is 5.88 Å². The third-order valence-corrected chi connectivity index (χ3v) is 4.84. The van der Waals surface area contributed by atoms with Gasteiger partial charge in [-0.25, -0.2) is 4.98 Å². The van der Waals surface area contributed by atoms with E-state index in [1.54, 1.807) is 19.4 Å². The van der Waals surface area contributed by atoms with Crippen LogP contribution in [0.2, 0.25) is 0 Å². The Morgan fingerprint density at radius 2 is 2.13 bits per heavy atom. The number of pyridine rings is 2. The molecule has 0 radical (unpaired) electrons. The molecule has 0 spiro atoms. The van der Waals surface area contributed by atoms with Crippen LogP contribution in [0.5, 0.6) is 5.88 Å². The van der Waals surface area contributed by atoms with Crippen molar-refractivity contribution in [2.75, 3.05) is 25.1 Å². The van der Waals surface area contributed by atoms with Crippen LogP contribution in [0.15, 0.2) is 41.5 Å². The number of rotatable bonds is 4. The predicted molar refractivity (Wildman–Crippen MR) is 87.8 cm³/mol. The molecule has 0 amide bonds. The smallest absolute Gasteiger partial charge is 0.249 e. The number of anilines is 1. The second-order valence-corrected chi connectivity index (χ2v) is 6.24. The average Bonchev–Trinajstić information content (AvgIpc) is 2.60. The van der Waals surface area contributed by atoms with Gasteiger partial charge >= 0.3 is 0 Å². The molecular weight excluding hydrogens is 292 g/mol. The summed E-state index contributed by atoms with van der Waals surface area (Å²) in [7, 11) is 1.63. The van der Waals surface area contributed by atoms with E-state index in [0.29, 0.717) is 18.0 Å². The van der Waals surface area contributed by atoms with Gasteiger partial charge in [0.1, 0.15) is 0 Å². The number of hydrogen-bond donors (Lipinski definition) is 1. The fourth-order valence-electron chi connectivity index (χ4n) is 3.62. The molecule has 0 aromatic carbocycles. The Labute approximate surface area is 134 Å². The van der Waals surface area contributed by atoms with E-state index in [9.17, 15) is 4.79 Å². The number of ether oxygens (including phenoxy) is 1. The van der Waals surface area contributed by atoms with Crippen LogP contribution >= 0.6 is 0 Å². The van der Waals surface area contributed by atoms with E-state index < -0.39 is 0 Å². The summed E-state index contributed by atoms with van der Waals surface area (Å²) in [6.45, 7) is 2.88. The number of piperazine rings is 1. The monoisotopic (exact) mass is 312 g/mol. The van der Waals surface area contributed by atoms with Crippen LogP contribution in [-0.4, -0.2) is 47.2 Å². The molecule has 1 N–H and O–H groups in total. The number of aromatic nitrogens is 2. The summed E-state index contributed by atoms with van der Waals surface area (Å²) in [5.74, 6) is 0.651. The minimum absolute atomic E-state index is 0.0390. The number of H-pyrrole nitrogens is 1. The molecule has 6 heteroatoms. The Hall–Kier alpha value is -2.34. The van der Waals surface area contributed by atoms with E-state index >= 15 is 0 Å². The Bertz CT molecular complexity index is 731. The Morgan fingerprint density at radius 1 is 1.30 bits per heavy atom. The van der Waals surface area contributed by atoms with Crippen LogP contribution in [0, 0.1) is 0 Å². The highest BCUT2D eigenvalue weighted by Crippen LogP contribution is 2.35. The van der Waals surface area contributed by atoms with Crippen molar-refractivity contribution < 1.29 is 4.74 Å². The van der Waals surface area contributed by atoms with Gasteiger partial charge in [-0.3, -0.25) is 9.69 Å². The fourth-order valence-corrected chi connectivity index (χ4v) is 3.62. The van der Waals surface area contributed by atoms with E-state index in [1.807, 2.05) is 18.3 Å². The lowest BCUT2D eigenvalue weighted by atomic mass is 9.86. The number of nitrogens with zero attached hydrogens (tertiary/aromatic N) is 3. The SMILES string of the molecule is COc1ccc(CN2C3CC2CN(c2cc[nH]c(=O)c2)C3)cn1. The molecule has 23 heavy (non-hydrogen) atoms. The first kappa shape index (κ1) is 14.3. The van der Waals surface area contributed by atoms with Crippen molar-refractivity contribution in [2.45, 2.75) is 25.0 Å². The molecule has 3 fully saturated rings. The maximum absolute atomic E-state index is 11.5. The third-order valence-electron chi connectivity index (χ3n) is 4.84. The number of aromatic amines is 1. The molecule has 2 bridgehead atoms. The normalized spacial score (nSPS) is 23.4. The lowest BCUT2D eigenvalue weighted by Gasteiger charge is -2.57. The second-order valence-electron chi connectivity index (χ2n) is 6.24. The first-order chi connectivity index (χ1) is 11.2. The summed E-state index contributed by atoms with van der Waals surface area (Å²) in [5, 5.41) is 0. The molecule has 0 aliphatic carbocycles. The van der Waals surface area contributed by atoms with Gasteiger partial charge in [-0.15, -0.1) is 0 Å². The highest BCUT2D eigenvalue weighted by Gasteiger charge is 2.44. The standard InChI is InChI=1S/C17H20N4O2/c1-23-17-3-2-12(8-19-17)9-21-14-6-15(21)11-20(10-14)13-4-5-18-16(22)7-13/h2-5,7-8,14-15H,6,9-11H2,1H3,(H,18,22). The van der Waals surface area contributed by atoms with Crippen molar-refractivity contribution in [3.63, 3.8) is 0 Å². The van der Waals surface area contributed by atoms with Crippen molar-refractivity contribution in [3.05, 3.63) is 52.6 Å². The minimum Gasteiger partial charge on any atom is -0.481 e. The fraction of sp³-hybridized carbons (Fsp3) is 0.412. The number of fused-ring (bicyclic) bond motifs is 2. The van der Waals surface area contributed by atoms with Crippen molar-refractivity contribution in [2.24, 2.45) is 0 Å². The van der Waals surface area contributed by atoms with Gasteiger partial charge in [0.25, 0.3) is 0 Å². The van der Waals surface area contributed by atoms with Crippen molar-refractivity contribution in [1.82, 2.24) is 14.9 Å². The summed E-state index contributed by atoms with van der Waals surface area (Å²) in [6.07, 6.45) is 4.85. The maximum Gasteiger partial charge on any atom is 0.249 e. The summed E-state index contributed by atoms with van der Waals surface area (Å²) in [5.41, 5.74) is 2.20.